The van der Waals surface area contributed by atoms with Crippen LogP contribution in [-0.2, 0) is 16.4 Å². The fourth-order valence-electron chi connectivity index (χ4n) is 2.56. The molecule has 6 nitrogen and oxygen atoms in total. The van der Waals surface area contributed by atoms with Gasteiger partial charge in [0.25, 0.3) is 5.91 Å². The highest BCUT2D eigenvalue weighted by molar-refractivity contribution is 7.91. The van der Waals surface area contributed by atoms with Gasteiger partial charge in [0.1, 0.15) is 13.2 Å². The van der Waals surface area contributed by atoms with Gasteiger partial charge in [-0.25, -0.2) is 8.42 Å². The Bertz CT molecular complexity index is 892. The van der Waals surface area contributed by atoms with Gasteiger partial charge in [-0.15, -0.1) is 0 Å². The second kappa shape index (κ2) is 7.14. The number of fused-ring (bicyclic) bond motifs is 1. The van der Waals surface area contributed by atoms with E-state index in [2.05, 4.69) is 5.32 Å². The van der Waals surface area contributed by atoms with E-state index in [0.29, 0.717) is 24.7 Å². The molecule has 0 fully saturated rings. The maximum absolute atomic E-state index is 12.5. The molecule has 132 valence electrons. The number of carbonyl (C=O) groups excluding carboxylic acids is 1. The summed E-state index contributed by atoms with van der Waals surface area (Å²) in [7, 11) is -3.47. The minimum absolute atomic E-state index is 0.0529. The number of ether oxygens (including phenoxy) is 2. The summed E-state index contributed by atoms with van der Waals surface area (Å²) >= 11 is 0. The molecule has 0 saturated carbocycles. The van der Waals surface area contributed by atoms with Crippen LogP contribution in [0.1, 0.15) is 22.8 Å². The number of carbonyl (C=O) groups is 1. The van der Waals surface area contributed by atoms with Crippen LogP contribution in [0.25, 0.3) is 0 Å². The monoisotopic (exact) mass is 361 g/mol. The lowest BCUT2D eigenvalue weighted by molar-refractivity contribution is 0.0947. The fourth-order valence-corrected chi connectivity index (χ4v) is 3.65. The predicted molar refractivity (Wildman–Crippen MR) is 92.8 cm³/mol. The van der Waals surface area contributed by atoms with Crippen molar-refractivity contribution in [2.45, 2.75) is 18.4 Å². The zero-order valence-corrected chi connectivity index (χ0v) is 14.6. The van der Waals surface area contributed by atoms with E-state index in [0.717, 1.165) is 5.56 Å². The molecule has 0 aromatic heterocycles. The minimum atomic E-state index is -3.47. The Morgan fingerprint density at radius 2 is 1.80 bits per heavy atom. The second-order valence-electron chi connectivity index (χ2n) is 5.56. The Hall–Kier alpha value is -2.54. The number of hydrogen-bond acceptors (Lipinski definition) is 5. The molecule has 25 heavy (non-hydrogen) atoms. The first-order valence-electron chi connectivity index (χ1n) is 8.00. The molecule has 1 aliphatic heterocycles. The summed E-state index contributed by atoms with van der Waals surface area (Å²) in [4.78, 5) is 12.5. The van der Waals surface area contributed by atoms with E-state index in [4.69, 9.17) is 9.47 Å². The van der Waals surface area contributed by atoms with Crippen LogP contribution in [0, 0.1) is 0 Å². The SMILES string of the molecule is CCS(=O)(=O)c1ccccc1C(=O)NCc1ccc2c(c1)OCCO2. The van der Waals surface area contributed by atoms with Crippen molar-refractivity contribution in [1.82, 2.24) is 5.32 Å². The van der Waals surface area contributed by atoms with Crippen molar-refractivity contribution in [3.63, 3.8) is 0 Å². The van der Waals surface area contributed by atoms with Gasteiger partial charge in [0.2, 0.25) is 0 Å². The Morgan fingerprint density at radius 3 is 2.56 bits per heavy atom. The van der Waals surface area contributed by atoms with Crippen molar-refractivity contribution in [1.29, 1.82) is 0 Å². The standard InChI is InChI=1S/C18H19NO5S/c1-2-25(21,22)17-6-4-3-5-14(17)18(20)19-12-13-7-8-15-16(11-13)24-10-9-23-15/h3-8,11H,2,9-10,12H2,1H3,(H,19,20). The Morgan fingerprint density at radius 1 is 1.08 bits per heavy atom. The quantitative estimate of drug-likeness (QED) is 0.883. The molecule has 0 radical (unpaired) electrons. The topological polar surface area (TPSA) is 81.7 Å². The minimum Gasteiger partial charge on any atom is -0.486 e. The van der Waals surface area contributed by atoms with Gasteiger partial charge in [-0.3, -0.25) is 4.79 Å². The van der Waals surface area contributed by atoms with E-state index in [9.17, 15) is 13.2 Å². The average molecular weight is 361 g/mol. The highest BCUT2D eigenvalue weighted by atomic mass is 32.2. The number of hydrogen-bond donors (Lipinski definition) is 1. The molecule has 0 atom stereocenters. The van der Waals surface area contributed by atoms with Gasteiger partial charge < -0.3 is 14.8 Å². The summed E-state index contributed by atoms with van der Waals surface area (Å²) in [6.45, 7) is 2.83. The van der Waals surface area contributed by atoms with Crippen LogP contribution in [0.15, 0.2) is 47.4 Å². The van der Waals surface area contributed by atoms with Gasteiger partial charge in [-0.1, -0.05) is 25.1 Å². The number of rotatable bonds is 5. The van der Waals surface area contributed by atoms with Crippen LogP contribution in [-0.4, -0.2) is 33.3 Å². The lowest BCUT2D eigenvalue weighted by atomic mass is 10.1. The maximum atomic E-state index is 12.5. The Labute approximate surface area is 146 Å². The van der Waals surface area contributed by atoms with Gasteiger partial charge in [-0.05, 0) is 29.8 Å². The van der Waals surface area contributed by atoms with E-state index in [-0.39, 0.29) is 22.8 Å². The smallest absolute Gasteiger partial charge is 0.252 e. The lowest BCUT2D eigenvalue weighted by Crippen LogP contribution is -2.25. The molecule has 0 saturated heterocycles. The zero-order chi connectivity index (χ0) is 17.9. The molecule has 3 rings (SSSR count). The zero-order valence-electron chi connectivity index (χ0n) is 13.8. The maximum Gasteiger partial charge on any atom is 0.252 e. The van der Waals surface area contributed by atoms with Crippen LogP contribution in [0.3, 0.4) is 0 Å². The molecule has 7 heteroatoms. The summed E-state index contributed by atoms with van der Waals surface area (Å²) < 4.78 is 35.3. The van der Waals surface area contributed by atoms with Crippen LogP contribution >= 0.6 is 0 Å². The molecule has 0 aliphatic carbocycles. The predicted octanol–water partition coefficient (Wildman–Crippen LogP) is 2.18. The second-order valence-corrected chi connectivity index (χ2v) is 7.81. The first kappa shape index (κ1) is 17.3. The number of amides is 1. The average Bonchev–Trinajstić information content (AvgIpc) is 2.66. The van der Waals surface area contributed by atoms with Gasteiger partial charge in [0, 0.05) is 6.54 Å². The van der Waals surface area contributed by atoms with Crippen molar-refractivity contribution in [2.75, 3.05) is 19.0 Å². The molecule has 2 aromatic rings. The van der Waals surface area contributed by atoms with Crippen LogP contribution in [0.2, 0.25) is 0 Å². The van der Waals surface area contributed by atoms with E-state index >= 15 is 0 Å². The highest BCUT2D eigenvalue weighted by Crippen LogP contribution is 2.30. The molecule has 0 bridgehead atoms. The summed E-state index contributed by atoms with van der Waals surface area (Å²) in [5.74, 6) is 0.842. The van der Waals surface area contributed by atoms with E-state index in [1.54, 1.807) is 25.1 Å². The fraction of sp³-hybridized carbons (Fsp3) is 0.278. The third-order valence-corrected chi connectivity index (χ3v) is 5.69. The van der Waals surface area contributed by atoms with Crippen LogP contribution in [0.5, 0.6) is 11.5 Å². The first-order chi connectivity index (χ1) is 12.0. The van der Waals surface area contributed by atoms with Gasteiger partial charge in [0.05, 0.1) is 16.2 Å². The van der Waals surface area contributed by atoms with Crippen LogP contribution < -0.4 is 14.8 Å². The summed E-state index contributed by atoms with van der Waals surface area (Å²) in [6.07, 6.45) is 0. The van der Waals surface area contributed by atoms with Crippen molar-refractivity contribution in [3.05, 3.63) is 53.6 Å². The first-order valence-corrected chi connectivity index (χ1v) is 9.65. The number of sulfone groups is 1. The number of benzene rings is 2. The summed E-state index contributed by atoms with van der Waals surface area (Å²) in [5.41, 5.74) is 0.996. The van der Waals surface area contributed by atoms with Crippen molar-refractivity contribution < 1.29 is 22.7 Å². The normalized spacial score (nSPS) is 13.3. The Balaban J connectivity index is 1.76. The van der Waals surface area contributed by atoms with Gasteiger partial charge in [-0.2, -0.15) is 0 Å². The third-order valence-electron chi connectivity index (χ3n) is 3.91. The molecule has 2 aromatic carbocycles. The van der Waals surface area contributed by atoms with Crippen molar-refractivity contribution in [2.24, 2.45) is 0 Å². The molecular formula is C18H19NO5S. The molecule has 1 N–H and O–H groups in total. The van der Waals surface area contributed by atoms with Crippen molar-refractivity contribution >= 4 is 15.7 Å². The molecule has 1 aliphatic rings. The Kier molecular flexibility index (Phi) is 4.94. The highest BCUT2D eigenvalue weighted by Gasteiger charge is 2.20. The molecular weight excluding hydrogens is 342 g/mol. The molecule has 0 spiro atoms. The summed E-state index contributed by atoms with van der Waals surface area (Å²) in [5, 5.41) is 2.76. The van der Waals surface area contributed by atoms with Crippen molar-refractivity contribution in [3.8, 4) is 11.5 Å². The third kappa shape index (κ3) is 3.76. The van der Waals surface area contributed by atoms with Gasteiger partial charge in [0.15, 0.2) is 21.3 Å². The molecule has 1 heterocycles. The summed E-state index contributed by atoms with van der Waals surface area (Å²) in [6, 6.07) is 11.7. The largest absolute Gasteiger partial charge is 0.486 e. The van der Waals surface area contributed by atoms with Gasteiger partial charge >= 0.3 is 0 Å². The number of nitrogens with one attached hydrogen (secondary N) is 1. The van der Waals surface area contributed by atoms with E-state index in [1.807, 2.05) is 12.1 Å². The van der Waals surface area contributed by atoms with Crippen LogP contribution in [0.4, 0.5) is 0 Å². The van der Waals surface area contributed by atoms with E-state index in [1.165, 1.54) is 12.1 Å². The lowest BCUT2D eigenvalue weighted by Gasteiger charge is -2.19. The molecule has 0 unspecified atom stereocenters. The van der Waals surface area contributed by atoms with E-state index < -0.39 is 15.7 Å². The molecule has 1 amide bonds.